The summed E-state index contributed by atoms with van der Waals surface area (Å²) in [6.07, 6.45) is -2.14. The molecule has 0 aliphatic carbocycles. The van der Waals surface area contributed by atoms with E-state index < -0.39 is 29.9 Å². The van der Waals surface area contributed by atoms with Crippen LogP contribution in [0.4, 0.5) is 26.3 Å². The number of halogens is 6. The second-order valence-electron chi connectivity index (χ2n) is 8.18. The summed E-state index contributed by atoms with van der Waals surface area (Å²) in [4.78, 5) is 36.3. The standard InChI is InChI=1S/C16H21N5O3.2C2HF3O2/c22-15(14-1-2-18-19-14)21-5-6-23-11-16(10-21)7-13(9-24-16)8-20-4-3-17-12-20;2*3-2(4,5)1(6)7/h1-4,12-13H,5-11H2,(H,18,19);2*(H,6,7). The van der Waals surface area contributed by atoms with Gasteiger partial charge in [0.05, 0.1) is 32.7 Å². The molecule has 18 heteroatoms. The first-order chi connectivity index (χ1) is 17.6. The number of hydrogen-bond acceptors (Lipinski definition) is 7. The van der Waals surface area contributed by atoms with Gasteiger partial charge in [-0.3, -0.25) is 9.89 Å². The van der Waals surface area contributed by atoms with Crippen LogP contribution in [-0.4, -0.2) is 104 Å². The van der Waals surface area contributed by atoms with Crippen molar-refractivity contribution in [3.8, 4) is 0 Å². The molecule has 2 atom stereocenters. The summed E-state index contributed by atoms with van der Waals surface area (Å²) >= 11 is 0. The molecule has 0 saturated carbocycles. The van der Waals surface area contributed by atoms with Crippen molar-refractivity contribution in [1.82, 2.24) is 24.6 Å². The Labute approximate surface area is 210 Å². The molecule has 2 aliphatic heterocycles. The van der Waals surface area contributed by atoms with Crippen LogP contribution in [0, 0.1) is 5.92 Å². The number of nitrogens with zero attached hydrogens (tertiary/aromatic N) is 4. The van der Waals surface area contributed by atoms with E-state index in [9.17, 15) is 31.1 Å². The lowest BCUT2D eigenvalue weighted by molar-refractivity contribution is -0.193. The molecule has 3 N–H and O–H groups in total. The van der Waals surface area contributed by atoms with Crippen LogP contribution in [-0.2, 0) is 25.6 Å². The zero-order valence-electron chi connectivity index (χ0n) is 19.4. The fourth-order valence-corrected chi connectivity index (χ4v) is 3.58. The maximum atomic E-state index is 12.6. The highest BCUT2D eigenvalue weighted by atomic mass is 19.4. The molecule has 212 valence electrons. The molecule has 4 heterocycles. The number of carbonyl (C=O) groups is 3. The van der Waals surface area contributed by atoms with Crippen molar-refractivity contribution in [3.05, 3.63) is 36.7 Å². The molecule has 2 aromatic rings. The summed E-state index contributed by atoms with van der Waals surface area (Å²) in [6, 6.07) is 1.69. The SMILES string of the molecule is O=C(O)C(F)(F)F.O=C(O)C(F)(F)F.O=C(c1ccn[nH]1)N1CCOCC2(CC(Cn3ccnc3)CO2)C1. The predicted molar refractivity (Wildman–Crippen MR) is 112 cm³/mol. The third kappa shape index (κ3) is 9.33. The number of carbonyl (C=O) groups excluding carboxylic acids is 1. The van der Waals surface area contributed by atoms with E-state index in [0.717, 1.165) is 13.0 Å². The highest BCUT2D eigenvalue weighted by Gasteiger charge is 2.44. The van der Waals surface area contributed by atoms with Crippen LogP contribution in [0.3, 0.4) is 0 Å². The van der Waals surface area contributed by atoms with E-state index in [2.05, 4.69) is 19.7 Å². The van der Waals surface area contributed by atoms with Crippen LogP contribution < -0.4 is 0 Å². The van der Waals surface area contributed by atoms with Crippen molar-refractivity contribution in [1.29, 1.82) is 0 Å². The van der Waals surface area contributed by atoms with Crippen molar-refractivity contribution in [3.63, 3.8) is 0 Å². The molecule has 2 unspecified atom stereocenters. The quantitative estimate of drug-likeness (QED) is 0.477. The highest BCUT2D eigenvalue weighted by molar-refractivity contribution is 5.92. The monoisotopic (exact) mass is 559 g/mol. The van der Waals surface area contributed by atoms with Gasteiger partial charge < -0.3 is 29.2 Å². The average Bonchev–Trinajstić information content (AvgIpc) is 3.56. The first-order valence-corrected chi connectivity index (χ1v) is 10.7. The predicted octanol–water partition coefficient (Wildman–Crippen LogP) is 1.82. The summed E-state index contributed by atoms with van der Waals surface area (Å²) in [7, 11) is 0. The maximum absolute atomic E-state index is 12.6. The van der Waals surface area contributed by atoms with Crippen LogP contribution in [0.25, 0.3) is 0 Å². The van der Waals surface area contributed by atoms with Gasteiger partial charge in [0, 0.05) is 37.6 Å². The number of imidazole rings is 1. The Morgan fingerprint density at radius 1 is 1.11 bits per heavy atom. The lowest BCUT2D eigenvalue weighted by Gasteiger charge is -2.31. The van der Waals surface area contributed by atoms with E-state index in [-0.39, 0.29) is 5.91 Å². The topological polar surface area (TPSA) is 160 Å². The minimum atomic E-state index is -5.08. The largest absolute Gasteiger partial charge is 0.490 e. The van der Waals surface area contributed by atoms with E-state index in [1.54, 1.807) is 23.4 Å². The Kier molecular flexibility index (Phi) is 10.2. The van der Waals surface area contributed by atoms with E-state index in [1.807, 2.05) is 12.5 Å². The fraction of sp³-hybridized carbons (Fsp3) is 0.550. The molecular formula is C20H23F6N5O7. The number of alkyl halides is 6. The number of aromatic nitrogens is 4. The smallest absolute Gasteiger partial charge is 0.475 e. The minimum absolute atomic E-state index is 0.0564. The van der Waals surface area contributed by atoms with Crippen LogP contribution in [0.15, 0.2) is 31.0 Å². The number of aliphatic carboxylic acids is 2. The molecule has 2 aliphatic rings. The van der Waals surface area contributed by atoms with Crippen LogP contribution >= 0.6 is 0 Å². The summed E-state index contributed by atoms with van der Waals surface area (Å²) in [5, 5.41) is 20.8. The molecule has 1 spiro atoms. The second kappa shape index (κ2) is 12.7. The zero-order valence-corrected chi connectivity index (χ0v) is 19.4. The van der Waals surface area contributed by atoms with Gasteiger partial charge in [-0.1, -0.05) is 0 Å². The van der Waals surface area contributed by atoms with Crippen molar-refractivity contribution < 1.29 is 60.4 Å². The number of carboxylic acids is 2. The number of amides is 1. The van der Waals surface area contributed by atoms with Gasteiger partial charge in [0.15, 0.2) is 0 Å². The molecule has 2 aromatic heterocycles. The first-order valence-electron chi connectivity index (χ1n) is 10.7. The van der Waals surface area contributed by atoms with Crippen LogP contribution in [0.1, 0.15) is 16.9 Å². The first kappa shape index (κ1) is 30.6. The molecule has 38 heavy (non-hydrogen) atoms. The third-order valence-electron chi connectivity index (χ3n) is 5.17. The Morgan fingerprint density at radius 3 is 2.24 bits per heavy atom. The number of carboxylic acid groups (broad SMARTS) is 2. The van der Waals surface area contributed by atoms with Gasteiger partial charge in [0.25, 0.3) is 5.91 Å². The second-order valence-corrected chi connectivity index (χ2v) is 8.18. The third-order valence-corrected chi connectivity index (χ3v) is 5.17. The number of nitrogens with one attached hydrogen (secondary N) is 1. The fourth-order valence-electron chi connectivity index (χ4n) is 3.58. The Morgan fingerprint density at radius 2 is 1.74 bits per heavy atom. The van der Waals surface area contributed by atoms with Gasteiger partial charge in [0.1, 0.15) is 11.3 Å². The normalized spacial score (nSPS) is 21.5. The van der Waals surface area contributed by atoms with Gasteiger partial charge in [-0.15, -0.1) is 0 Å². The molecule has 2 fully saturated rings. The molecule has 0 radical (unpaired) electrons. The summed E-state index contributed by atoms with van der Waals surface area (Å²) in [5.41, 5.74) is 0.0808. The molecule has 0 bridgehead atoms. The summed E-state index contributed by atoms with van der Waals surface area (Å²) in [6.45, 7) is 3.71. The van der Waals surface area contributed by atoms with E-state index >= 15 is 0 Å². The Hall–Kier alpha value is -3.67. The van der Waals surface area contributed by atoms with Gasteiger partial charge in [0.2, 0.25) is 0 Å². The molecule has 0 aromatic carbocycles. The number of ether oxygens (including phenoxy) is 2. The molecule has 4 rings (SSSR count). The van der Waals surface area contributed by atoms with E-state index in [1.165, 1.54) is 0 Å². The van der Waals surface area contributed by atoms with Crippen molar-refractivity contribution >= 4 is 17.8 Å². The van der Waals surface area contributed by atoms with Gasteiger partial charge in [-0.25, -0.2) is 14.6 Å². The summed E-state index contributed by atoms with van der Waals surface area (Å²) < 4.78 is 77.4. The molecular weight excluding hydrogens is 536 g/mol. The molecule has 12 nitrogen and oxygen atoms in total. The number of H-pyrrole nitrogens is 1. The van der Waals surface area contributed by atoms with Gasteiger partial charge >= 0.3 is 24.3 Å². The van der Waals surface area contributed by atoms with Crippen LogP contribution in [0.2, 0.25) is 0 Å². The molecule has 1 amide bonds. The number of aromatic amines is 1. The zero-order chi connectivity index (χ0) is 28.6. The lowest BCUT2D eigenvalue weighted by atomic mass is 9.94. The van der Waals surface area contributed by atoms with Crippen molar-refractivity contribution in [2.45, 2.75) is 30.9 Å². The summed E-state index contributed by atoms with van der Waals surface area (Å²) in [5.74, 6) is -5.18. The average molecular weight is 559 g/mol. The highest BCUT2D eigenvalue weighted by Crippen LogP contribution is 2.34. The number of rotatable bonds is 3. The van der Waals surface area contributed by atoms with Crippen LogP contribution in [0.5, 0.6) is 0 Å². The Bertz CT molecular complexity index is 1020. The van der Waals surface area contributed by atoms with Crippen molar-refractivity contribution in [2.75, 3.05) is 32.9 Å². The number of hydrogen-bond donors (Lipinski definition) is 3. The van der Waals surface area contributed by atoms with Crippen molar-refractivity contribution in [2.24, 2.45) is 5.92 Å². The van der Waals surface area contributed by atoms with E-state index in [4.69, 9.17) is 29.3 Å². The molecule has 2 saturated heterocycles. The minimum Gasteiger partial charge on any atom is -0.475 e. The van der Waals surface area contributed by atoms with E-state index in [0.29, 0.717) is 44.5 Å². The maximum Gasteiger partial charge on any atom is 0.490 e. The van der Waals surface area contributed by atoms with Gasteiger partial charge in [-0.2, -0.15) is 31.4 Å². The van der Waals surface area contributed by atoms with Gasteiger partial charge in [-0.05, 0) is 12.5 Å². The lowest BCUT2D eigenvalue weighted by Crippen LogP contribution is -2.46. The Balaban J connectivity index is 0.000000301.